The van der Waals surface area contributed by atoms with E-state index in [-0.39, 0.29) is 28.4 Å². The molecule has 6 nitrogen and oxygen atoms in total. The number of fused-ring (bicyclic) bond motifs is 5. The molecule has 0 spiro atoms. The largest absolute Gasteiger partial charge is 0.311 e. The van der Waals surface area contributed by atoms with Crippen LogP contribution in [0.15, 0.2) is 200 Å². The van der Waals surface area contributed by atoms with E-state index in [0.29, 0.717) is 0 Å². The van der Waals surface area contributed by atoms with Crippen LogP contribution in [0.25, 0.3) is 27.8 Å². The van der Waals surface area contributed by atoms with Crippen LogP contribution in [0, 0.1) is 0 Å². The van der Waals surface area contributed by atoms with Crippen molar-refractivity contribution in [2.75, 3.05) is 14.7 Å². The smallest absolute Gasteiger partial charge is 0.252 e. The molecular weight excluding hydrogens is 936 g/mol. The summed E-state index contributed by atoms with van der Waals surface area (Å²) in [5.41, 5.74) is 23.7. The maximum absolute atomic E-state index is 5.21. The Balaban J connectivity index is 1.15. The zero-order chi connectivity index (χ0) is 53.8. The van der Waals surface area contributed by atoms with Crippen LogP contribution >= 0.6 is 0 Å². The summed E-state index contributed by atoms with van der Waals surface area (Å²) >= 11 is 0. The molecule has 2 aliphatic heterocycles. The second-order valence-corrected chi connectivity index (χ2v) is 25.4. The van der Waals surface area contributed by atoms with Gasteiger partial charge in [0.05, 0.1) is 5.69 Å². The van der Waals surface area contributed by atoms with Crippen molar-refractivity contribution in [1.29, 1.82) is 0 Å². The van der Waals surface area contributed by atoms with E-state index in [1.165, 1.54) is 61.1 Å². The van der Waals surface area contributed by atoms with Crippen molar-refractivity contribution >= 4 is 85.3 Å². The first-order valence-electron chi connectivity index (χ1n) is 27.4. The molecule has 0 N–H and O–H groups in total. The van der Waals surface area contributed by atoms with Gasteiger partial charge in [-0.3, -0.25) is 0 Å². The topological polar surface area (TPSA) is 40.4 Å². The van der Waals surface area contributed by atoms with Crippen LogP contribution in [0.3, 0.4) is 0 Å². The first-order chi connectivity index (χ1) is 36.7. The van der Waals surface area contributed by atoms with Gasteiger partial charge in [0.2, 0.25) is 0 Å². The van der Waals surface area contributed by atoms with Crippen molar-refractivity contribution < 1.29 is 0 Å². The molecule has 0 aliphatic carbocycles. The fourth-order valence-electron chi connectivity index (χ4n) is 11.4. The van der Waals surface area contributed by atoms with Crippen LogP contribution in [-0.4, -0.2) is 21.7 Å². The summed E-state index contributed by atoms with van der Waals surface area (Å²) in [5.74, 6) is 0. The summed E-state index contributed by atoms with van der Waals surface area (Å²) in [4.78, 5) is 9.30. The predicted octanol–water partition coefficient (Wildman–Crippen LogP) is 16.8. The summed E-state index contributed by atoms with van der Waals surface area (Å²) in [6.07, 6.45) is 0. The molecule has 9 aromatic carbocycles. The quantitative estimate of drug-likeness (QED) is 0.149. The molecule has 77 heavy (non-hydrogen) atoms. The molecule has 0 amide bonds. The number of para-hydroxylation sites is 1. The molecule has 3 heterocycles. The number of nitrogens with zero attached hydrogens (tertiary/aromatic N) is 6. The van der Waals surface area contributed by atoms with Crippen molar-refractivity contribution in [2.24, 2.45) is 0 Å². The molecule has 0 unspecified atom stereocenters. The van der Waals surface area contributed by atoms with Crippen LogP contribution in [0.4, 0.5) is 51.2 Å². The number of benzene rings is 9. The Bertz CT molecular complexity index is 3830. The van der Waals surface area contributed by atoms with Gasteiger partial charge in [0.25, 0.3) is 6.71 Å². The van der Waals surface area contributed by atoms with Crippen molar-refractivity contribution in [3.8, 4) is 16.8 Å². The normalized spacial score (nSPS) is 13.4. The molecule has 12 rings (SSSR count). The van der Waals surface area contributed by atoms with Crippen LogP contribution in [0.2, 0.25) is 0 Å². The molecule has 0 bridgehead atoms. The van der Waals surface area contributed by atoms with Gasteiger partial charge in [0, 0.05) is 51.2 Å². The molecule has 1 aromatic heterocycles. The third kappa shape index (κ3) is 8.99. The highest BCUT2D eigenvalue weighted by Gasteiger charge is 2.45. The Kier molecular flexibility index (Phi) is 11.8. The average molecular weight is 1010 g/mol. The number of hydrogen-bond acceptors (Lipinski definition) is 5. The van der Waals surface area contributed by atoms with Gasteiger partial charge >= 0.3 is 0 Å². The summed E-state index contributed by atoms with van der Waals surface area (Å²) in [5, 5.41) is 10.4. The summed E-state index contributed by atoms with van der Waals surface area (Å²) in [7, 11) is 0. The Morgan fingerprint density at radius 3 is 1.32 bits per heavy atom. The van der Waals surface area contributed by atoms with Gasteiger partial charge in [-0.25, -0.2) is 0 Å². The first-order valence-corrected chi connectivity index (χ1v) is 27.4. The molecule has 382 valence electrons. The summed E-state index contributed by atoms with van der Waals surface area (Å²) in [6, 6.07) is 74.5. The third-order valence-corrected chi connectivity index (χ3v) is 15.9. The number of hydrogen-bond donors (Lipinski definition) is 0. The highest BCUT2D eigenvalue weighted by atomic mass is 15.5. The average Bonchev–Trinajstić information content (AvgIpc) is 3.91. The van der Waals surface area contributed by atoms with Gasteiger partial charge in [0.1, 0.15) is 11.0 Å². The van der Waals surface area contributed by atoms with Crippen molar-refractivity contribution in [1.82, 2.24) is 15.0 Å². The third-order valence-electron chi connectivity index (χ3n) is 15.9. The van der Waals surface area contributed by atoms with Gasteiger partial charge in [0.15, 0.2) is 0 Å². The van der Waals surface area contributed by atoms with Crippen LogP contribution < -0.4 is 31.1 Å². The van der Waals surface area contributed by atoms with E-state index in [0.717, 1.165) is 56.5 Å². The van der Waals surface area contributed by atoms with E-state index in [2.05, 4.69) is 280 Å². The SMILES string of the molecule is CC(C)(C)c1ccc(N(c2cccc(-c3ccccc3)c2)c2ccc3c(c2)N(c2ccc(C(C)(C)C)cc2)c2cc(C(C)(C)C)cc4c2B3c2cc3nn(-c5ccccc5)nc3cc2N4c2ccc(C(C)(C)C)cc2)cc1. The molecule has 10 aromatic rings. The fraction of sp³-hybridized carbons (Fsp3) is 0.229. The second-order valence-electron chi connectivity index (χ2n) is 25.4. The zero-order valence-corrected chi connectivity index (χ0v) is 46.8. The van der Waals surface area contributed by atoms with Crippen molar-refractivity contribution in [3.05, 3.63) is 222 Å². The van der Waals surface area contributed by atoms with Gasteiger partial charge in [-0.2, -0.15) is 4.80 Å². The van der Waals surface area contributed by atoms with E-state index < -0.39 is 0 Å². The molecule has 7 heteroatoms. The lowest BCUT2D eigenvalue weighted by Gasteiger charge is -2.45. The van der Waals surface area contributed by atoms with Gasteiger partial charge in [-0.1, -0.05) is 186 Å². The number of aromatic nitrogens is 3. The number of anilines is 9. The highest BCUT2D eigenvalue weighted by molar-refractivity contribution is 7.00. The van der Waals surface area contributed by atoms with Gasteiger partial charge in [-0.15, -0.1) is 10.2 Å². The molecule has 2 aliphatic rings. The van der Waals surface area contributed by atoms with Crippen molar-refractivity contribution in [3.63, 3.8) is 0 Å². The molecule has 0 fully saturated rings. The van der Waals surface area contributed by atoms with E-state index in [1.54, 1.807) is 4.80 Å². The molecular formula is C70H69BN6. The van der Waals surface area contributed by atoms with Gasteiger partial charge in [-0.05, 0) is 168 Å². The lowest BCUT2D eigenvalue weighted by molar-refractivity contribution is 0.590. The molecule has 0 saturated carbocycles. The first kappa shape index (κ1) is 49.7. The van der Waals surface area contributed by atoms with E-state index in [1.807, 2.05) is 18.2 Å². The minimum atomic E-state index is -0.185. The van der Waals surface area contributed by atoms with Crippen LogP contribution in [-0.2, 0) is 21.7 Å². The van der Waals surface area contributed by atoms with E-state index in [9.17, 15) is 0 Å². The van der Waals surface area contributed by atoms with E-state index in [4.69, 9.17) is 10.2 Å². The van der Waals surface area contributed by atoms with Crippen molar-refractivity contribution in [2.45, 2.75) is 105 Å². The van der Waals surface area contributed by atoms with Crippen LogP contribution in [0.1, 0.15) is 105 Å². The predicted molar refractivity (Wildman–Crippen MR) is 328 cm³/mol. The van der Waals surface area contributed by atoms with E-state index >= 15 is 0 Å². The monoisotopic (exact) mass is 1000 g/mol. The summed E-state index contributed by atoms with van der Waals surface area (Å²) in [6.45, 7) is 27.5. The molecule has 0 radical (unpaired) electrons. The standard InChI is InChI=1S/C70H69BN6/c1-67(2,3)48-26-32-52(33-27-48)74(56-25-19-22-47(40-56)46-20-15-13-16-21-46)57-38-39-58-62(43-57)75(53-34-28-49(29-35-53)68(4,5)6)64-41-51(70(10,11)12)42-65-66(64)71(58)59-44-60-61(73-77(72-60)55-23-17-14-18-24-55)45-63(59)76(65)54-36-30-50(31-37-54)69(7,8)9/h13-45H,1-12H3. The second kappa shape index (κ2) is 18.3. The van der Waals surface area contributed by atoms with Gasteiger partial charge < -0.3 is 14.7 Å². The Labute approximate surface area is 456 Å². The Hall–Kier alpha value is -8.16. The maximum atomic E-state index is 5.21. The lowest BCUT2D eigenvalue weighted by Crippen LogP contribution is -2.61. The Morgan fingerprint density at radius 2 is 0.792 bits per heavy atom. The highest BCUT2D eigenvalue weighted by Crippen LogP contribution is 2.49. The number of rotatable bonds is 7. The Morgan fingerprint density at radius 1 is 0.338 bits per heavy atom. The lowest BCUT2D eigenvalue weighted by atomic mass is 9.33. The van der Waals surface area contributed by atoms with Crippen LogP contribution in [0.5, 0.6) is 0 Å². The minimum absolute atomic E-state index is 0.00138. The minimum Gasteiger partial charge on any atom is -0.311 e. The molecule has 0 atom stereocenters. The molecule has 0 saturated heterocycles. The summed E-state index contributed by atoms with van der Waals surface area (Å²) < 4.78 is 0. The zero-order valence-electron chi connectivity index (χ0n) is 46.8. The fourth-order valence-corrected chi connectivity index (χ4v) is 11.4. The maximum Gasteiger partial charge on any atom is 0.252 e.